The molecule has 1 atom stereocenters. The van der Waals surface area contributed by atoms with E-state index < -0.39 is 0 Å². The molecular weight excluding hydrogens is 360 g/mol. The molecule has 7 nitrogen and oxygen atoms in total. The number of benzene rings is 2. The Balaban J connectivity index is 1.53. The van der Waals surface area contributed by atoms with Crippen molar-refractivity contribution in [2.45, 2.75) is 18.9 Å². The second-order valence-corrected chi connectivity index (χ2v) is 6.42. The fourth-order valence-corrected chi connectivity index (χ4v) is 3.09. The van der Waals surface area contributed by atoms with Gasteiger partial charge in [0.05, 0.1) is 5.56 Å². The molecule has 0 aliphatic carbocycles. The normalized spacial score (nSPS) is 14.8. The summed E-state index contributed by atoms with van der Waals surface area (Å²) in [5.41, 5.74) is 7.02. The third-order valence-electron chi connectivity index (χ3n) is 4.43. The van der Waals surface area contributed by atoms with E-state index in [4.69, 9.17) is 20.1 Å². The van der Waals surface area contributed by atoms with Gasteiger partial charge in [-0.15, -0.1) is 0 Å². The van der Waals surface area contributed by atoms with E-state index in [0.717, 1.165) is 5.57 Å². The summed E-state index contributed by atoms with van der Waals surface area (Å²) >= 11 is 0. The van der Waals surface area contributed by atoms with Crippen LogP contribution in [0.15, 0.2) is 66.6 Å². The molecule has 2 heterocycles. The number of amides is 1. The number of rotatable bonds is 6. The minimum atomic E-state index is -0.254. The number of hydrogen-bond acceptors (Lipinski definition) is 6. The van der Waals surface area contributed by atoms with Gasteiger partial charge in [0, 0.05) is 6.04 Å². The Labute approximate surface area is 162 Å². The molecule has 0 saturated heterocycles. The van der Waals surface area contributed by atoms with Crippen LogP contribution in [0.3, 0.4) is 0 Å². The summed E-state index contributed by atoms with van der Waals surface area (Å²) in [5, 5.41) is 3.03. The van der Waals surface area contributed by atoms with Crippen LogP contribution in [-0.4, -0.2) is 18.5 Å². The average Bonchev–Trinajstić information content (AvgIpc) is 2.72. The van der Waals surface area contributed by atoms with E-state index in [-0.39, 0.29) is 11.9 Å². The zero-order chi connectivity index (χ0) is 19.3. The van der Waals surface area contributed by atoms with Crippen LogP contribution in [0.1, 0.15) is 23.2 Å². The fourth-order valence-electron chi connectivity index (χ4n) is 3.09. The second kappa shape index (κ2) is 8.06. The van der Waals surface area contributed by atoms with Crippen molar-refractivity contribution in [1.29, 1.82) is 0 Å². The lowest BCUT2D eigenvalue weighted by Gasteiger charge is -2.24. The summed E-state index contributed by atoms with van der Waals surface area (Å²) in [5.74, 6) is 1.84. The van der Waals surface area contributed by atoms with Gasteiger partial charge >= 0.3 is 0 Å². The fraction of sp³-hybridized carbons (Fsp3) is 0.190. The number of ether oxygens (including phenoxy) is 2. The number of nitrogens with two attached hydrogens (primary N) is 1. The van der Waals surface area contributed by atoms with Gasteiger partial charge in [-0.25, -0.2) is 0 Å². The highest BCUT2D eigenvalue weighted by atomic mass is 17.2. The molecule has 2 aromatic rings. The highest BCUT2D eigenvalue weighted by Crippen LogP contribution is 2.46. The van der Waals surface area contributed by atoms with Crippen LogP contribution < -0.4 is 20.5 Å². The van der Waals surface area contributed by atoms with Crippen LogP contribution in [0.4, 0.5) is 0 Å². The van der Waals surface area contributed by atoms with Gasteiger partial charge in [-0.05, 0) is 55.3 Å². The summed E-state index contributed by atoms with van der Waals surface area (Å²) in [6.45, 7) is 0.444. The summed E-state index contributed by atoms with van der Waals surface area (Å²) in [4.78, 5) is 22.5. The first kappa shape index (κ1) is 17.9. The number of carbonyl (C=O) groups excluding carboxylic acids is 1. The number of para-hydroxylation sites is 3. The van der Waals surface area contributed by atoms with Crippen LogP contribution >= 0.6 is 0 Å². The molecule has 0 saturated carbocycles. The molecule has 0 radical (unpaired) electrons. The van der Waals surface area contributed by atoms with Gasteiger partial charge in [-0.1, -0.05) is 18.2 Å². The van der Waals surface area contributed by atoms with Gasteiger partial charge in [0.15, 0.2) is 23.0 Å². The third kappa shape index (κ3) is 3.79. The number of hydrogen-bond donors (Lipinski definition) is 2. The SMILES string of the molecule is NCCC(CC1=COOC=C1)NC(=O)c1cccc2c1Oc1ccccc1O2. The maximum Gasteiger partial charge on any atom is 0.255 e. The zero-order valence-corrected chi connectivity index (χ0v) is 15.1. The van der Waals surface area contributed by atoms with Gasteiger partial charge in [0.25, 0.3) is 5.91 Å². The Morgan fingerprint density at radius 1 is 1.00 bits per heavy atom. The largest absolute Gasteiger partial charge is 0.449 e. The van der Waals surface area contributed by atoms with Gasteiger partial charge in [0.1, 0.15) is 12.5 Å². The summed E-state index contributed by atoms with van der Waals surface area (Å²) in [7, 11) is 0. The number of allylic oxidation sites excluding steroid dienone is 1. The topological polar surface area (TPSA) is 92.0 Å². The minimum absolute atomic E-state index is 0.164. The van der Waals surface area contributed by atoms with E-state index in [2.05, 4.69) is 10.2 Å². The molecule has 0 spiro atoms. The molecule has 3 N–H and O–H groups in total. The molecular formula is C21H20N2O5. The van der Waals surface area contributed by atoms with E-state index in [0.29, 0.717) is 47.9 Å². The minimum Gasteiger partial charge on any atom is -0.449 e. The molecule has 2 aliphatic heterocycles. The predicted octanol–water partition coefficient (Wildman–Crippen LogP) is 3.78. The van der Waals surface area contributed by atoms with E-state index in [1.54, 1.807) is 30.3 Å². The summed E-state index contributed by atoms with van der Waals surface area (Å²) in [6, 6.07) is 12.4. The zero-order valence-electron chi connectivity index (χ0n) is 15.1. The smallest absolute Gasteiger partial charge is 0.255 e. The maximum absolute atomic E-state index is 13.0. The lowest BCUT2D eigenvalue weighted by atomic mass is 10.0. The lowest BCUT2D eigenvalue weighted by molar-refractivity contribution is -0.199. The van der Waals surface area contributed by atoms with Crippen molar-refractivity contribution < 1.29 is 24.0 Å². The van der Waals surface area contributed by atoms with Crippen molar-refractivity contribution >= 4 is 5.91 Å². The number of carbonyl (C=O) groups is 1. The molecule has 2 aromatic carbocycles. The van der Waals surface area contributed by atoms with E-state index in [1.807, 2.05) is 18.2 Å². The van der Waals surface area contributed by atoms with E-state index in [1.165, 1.54) is 12.5 Å². The third-order valence-corrected chi connectivity index (χ3v) is 4.43. The Kier molecular flexibility index (Phi) is 5.16. The first-order valence-electron chi connectivity index (χ1n) is 9.01. The highest BCUT2D eigenvalue weighted by Gasteiger charge is 2.25. The Morgan fingerprint density at radius 2 is 1.79 bits per heavy atom. The molecule has 0 fully saturated rings. The van der Waals surface area contributed by atoms with Crippen molar-refractivity contribution in [3.05, 3.63) is 72.2 Å². The van der Waals surface area contributed by atoms with Gasteiger partial charge in [-0.3, -0.25) is 14.6 Å². The van der Waals surface area contributed by atoms with Crippen molar-refractivity contribution in [3.63, 3.8) is 0 Å². The molecule has 4 rings (SSSR count). The highest BCUT2D eigenvalue weighted by molar-refractivity contribution is 5.98. The molecule has 7 heteroatoms. The van der Waals surface area contributed by atoms with Crippen LogP contribution in [0.2, 0.25) is 0 Å². The van der Waals surface area contributed by atoms with Crippen molar-refractivity contribution in [1.82, 2.24) is 5.32 Å². The van der Waals surface area contributed by atoms with E-state index >= 15 is 0 Å². The standard InChI is InChI=1S/C21H20N2O5/c22-10-8-15(12-14-9-11-25-26-13-14)23-21(24)16-4-3-7-19-20(16)28-18-6-2-1-5-17(18)27-19/h1-7,9,11,13,15H,8,10,12,22H2,(H,23,24). The Morgan fingerprint density at radius 3 is 2.54 bits per heavy atom. The summed E-state index contributed by atoms with van der Waals surface area (Å²) in [6.07, 6.45) is 5.93. The second-order valence-electron chi connectivity index (χ2n) is 6.42. The first-order valence-corrected chi connectivity index (χ1v) is 9.01. The van der Waals surface area contributed by atoms with Crippen molar-refractivity contribution in [2.75, 3.05) is 6.54 Å². The Hall–Kier alpha value is -3.45. The van der Waals surface area contributed by atoms with Gasteiger partial charge in [0.2, 0.25) is 0 Å². The van der Waals surface area contributed by atoms with Crippen molar-refractivity contribution in [2.24, 2.45) is 5.73 Å². The predicted molar refractivity (Wildman–Crippen MR) is 102 cm³/mol. The molecule has 2 aliphatic rings. The maximum atomic E-state index is 13.0. The Bertz CT molecular complexity index is 938. The molecule has 0 aromatic heterocycles. The molecule has 1 unspecified atom stereocenters. The van der Waals surface area contributed by atoms with Crippen LogP contribution in [0.5, 0.6) is 23.0 Å². The first-order chi connectivity index (χ1) is 13.7. The van der Waals surface area contributed by atoms with Crippen molar-refractivity contribution in [3.8, 4) is 23.0 Å². The number of nitrogens with one attached hydrogen (secondary N) is 1. The van der Waals surface area contributed by atoms with Crippen LogP contribution in [-0.2, 0) is 9.78 Å². The monoisotopic (exact) mass is 380 g/mol. The van der Waals surface area contributed by atoms with E-state index in [9.17, 15) is 4.79 Å². The molecule has 1 amide bonds. The van der Waals surface area contributed by atoms with Crippen LogP contribution in [0.25, 0.3) is 0 Å². The van der Waals surface area contributed by atoms with Crippen LogP contribution in [0, 0.1) is 0 Å². The number of fused-ring (bicyclic) bond motifs is 2. The summed E-state index contributed by atoms with van der Waals surface area (Å²) < 4.78 is 11.8. The quantitative estimate of drug-likeness (QED) is 0.632. The lowest BCUT2D eigenvalue weighted by Crippen LogP contribution is -2.37. The van der Waals surface area contributed by atoms with Gasteiger partial charge < -0.3 is 20.5 Å². The average molecular weight is 380 g/mol. The molecule has 0 bridgehead atoms. The molecule has 28 heavy (non-hydrogen) atoms. The molecule has 144 valence electrons. The van der Waals surface area contributed by atoms with Gasteiger partial charge in [-0.2, -0.15) is 0 Å².